The molecule has 196 valence electrons. The van der Waals surface area contributed by atoms with Gasteiger partial charge in [0.1, 0.15) is 0 Å². The van der Waals surface area contributed by atoms with Gasteiger partial charge in [0.2, 0.25) is 0 Å². The van der Waals surface area contributed by atoms with Crippen molar-refractivity contribution in [2.45, 2.75) is 36.4 Å². The Bertz CT molecular complexity index is 730. The summed E-state index contributed by atoms with van der Waals surface area (Å²) in [6.07, 6.45) is -29.2. The number of hydrogen-bond donors (Lipinski definition) is 0. The van der Waals surface area contributed by atoms with E-state index < -0.39 is 66.6 Å². The van der Waals surface area contributed by atoms with Crippen LogP contribution < -0.4 is 51.4 Å². The molecule has 34 heavy (non-hydrogen) atoms. The van der Waals surface area contributed by atoms with Crippen molar-refractivity contribution in [1.29, 1.82) is 0 Å². The first kappa shape index (κ1) is 35.5. The molecule has 0 spiro atoms. The van der Waals surface area contributed by atoms with Crippen LogP contribution in [0.15, 0.2) is 23.5 Å². The molecule has 0 saturated heterocycles. The maximum atomic E-state index is 13.2. The molecule has 0 aliphatic carbocycles. The van der Waals surface area contributed by atoms with Crippen molar-refractivity contribution in [1.82, 2.24) is 0 Å². The largest absolute Gasteiger partial charge is 1.00 e. The van der Waals surface area contributed by atoms with E-state index in [-0.39, 0.29) is 51.4 Å². The van der Waals surface area contributed by atoms with E-state index in [0.717, 1.165) is 0 Å². The molecular formula is C10BF20KO2. The van der Waals surface area contributed by atoms with Crippen LogP contribution in [0.25, 0.3) is 0 Å². The van der Waals surface area contributed by atoms with E-state index in [2.05, 4.69) is 0 Å². The van der Waals surface area contributed by atoms with Crippen molar-refractivity contribution in [3.8, 4) is 0 Å². The summed E-state index contributed by atoms with van der Waals surface area (Å²) in [6, 6.07) is -9.08. The van der Waals surface area contributed by atoms with Gasteiger partial charge in [-0.3, -0.25) is 0 Å². The van der Waals surface area contributed by atoms with Crippen LogP contribution in [0.3, 0.4) is 0 Å². The smallest absolute Gasteiger partial charge is 0.466 e. The second-order valence-electron chi connectivity index (χ2n) is 5.29. The van der Waals surface area contributed by atoms with Crippen molar-refractivity contribution >= 4 is 6.70 Å². The first-order valence-corrected chi connectivity index (χ1v) is 6.73. The Kier molecular flexibility index (Phi) is 10.9. The minimum absolute atomic E-state index is 0. The summed E-state index contributed by atoms with van der Waals surface area (Å²) in [5, 5.41) is 0. The van der Waals surface area contributed by atoms with Crippen LogP contribution >= 0.6 is 0 Å². The van der Waals surface area contributed by atoms with Gasteiger partial charge < -0.3 is 18.1 Å². The summed E-state index contributed by atoms with van der Waals surface area (Å²) in [7, 11) is 0. The Balaban J connectivity index is 0. The van der Waals surface area contributed by atoms with Gasteiger partial charge in [0.05, 0.1) is 11.5 Å². The Hall–Kier alpha value is -0.619. The van der Waals surface area contributed by atoms with Gasteiger partial charge in [-0.25, -0.2) is 8.78 Å². The topological polar surface area (TPSA) is 18.5 Å². The molecule has 0 amide bonds. The molecule has 0 radical (unpaired) electrons. The van der Waals surface area contributed by atoms with Gasteiger partial charge in [-0.15, -0.1) is 0 Å². The van der Waals surface area contributed by atoms with Crippen molar-refractivity contribution in [2.24, 2.45) is 0 Å². The van der Waals surface area contributed by atoms with Crippen LogP contribution in [0, 0.1) is 0 Å². The first-order chi connectivity index (χ1) is 14.1. The van der Waals surface area contributed by atoms with Gasteiger partial charge in [0.15, 0.2) is 0 Å². The minimum atomic E-state index is -7.77. The third-order valence-electron chi connectivity index (χ3n) is 2.89. The monoisotopic (exact) mass is 582 g/mol. The molecule has 0 fully saturated rings. The molecule has 0 aliphatic rings. The molecule has 0 aromatic rings. The third-order valence-corrected chi connectivity index (χ3v) is 2.89. The molecule has 2 nitrogen and oxygen atoms in total. The van der Waals surface area contributed by atoms with Crippen molar-refractivity contribution < 1.29 is 149 Å². The molecule has 0 atom stereocenters. The quantitative estimate of drug-likeness (QED) is 0.242. The molecule has 0 heterocycles. The molecule has 0 aliphatic heterocycles. The van der Waals surface area contributed by atoms with Crippen LogP contribution in [0.5, 0.6) is 0 Å². The van der Waals surface area contributed by atoms with Gasteiger partial charge in [0.25, 0.3) is 12.0 Å². The van der Waals surface area contributed by atoms with E-state index in [1.165, 1.54) is 0 Å². The molecule has 0 unspecified atom stereocenters. The van der Waals surface area contributed by atoms with Gasteiger partial charge in [0, 0.05) is 0 Å². The van der Waals surface area contributed by atoms with E-state index >= 15 is 0 Å². The average molecular weight is 582 g/mol. The third kappa shape index (κ3) is 6.78. The van der Waals surface area contributed by atoms with E-state index in [1.54, 1.807) is 9.47 Å². The summed E-state index contributed by atoms with van der Waals surface area (Å²) in [6.45, 7) is -7.77. The van der Waals surface area contributed by atoms with Crippen LogP contribution in [-0.2, 0) is 9.47 Å². The predicted molar refractivity (Wildman–Crippen MR) is 60.5 cm³/mol. The van der Waals surface area contributed by atoms with E-state index in [0.29, 0.717) is 0 Å². The van der Waals surface area contributed by atoms with Gasteiger partial charge >= 0.3 is 94.5 Å². The van der Waals surface area contributed by atoms with E-state index in [1.807, 2.05) is 0 Å². The number of rotatable bonds is 8. The van der Waals surface area contributed by atoms with Gasteiger partial charge in [-0.1, -0.05) is 0 Å². The summed E-state index contributed by atoms with van der Waals surface area (Å²) in [4.78, 5) is 0. The van der Waals surface area contributed by atoms with E-state index in [4.69, 9.17) is 0 Å². The van der Waals surface area contributed by atoms with Crippen molar-refractivity contribution in [2.75, 3.05) is 0 Å². The fourth-order valence-corrected chi connectivity index (χ4v) is 1.18. The maximum absolute atomic E-state index is 13.2. The van der Waals surface area contributed by atoms with Crippen LogP contribution in [0.4, 0.5) is 87.7 Å². The predicted octanol–water partition coefficient (Wildman–Crippen LogP) is 4.28. The van der Waals surface area contributed by atoms with Crippen LogP contribution in [0.2, 0.25) is 0 Å². The number of halogens is 20. The zero-order chi connectivity index (χ0) is 27.2. The summed E-state index contributed by atoms with van der Waals surface area (Å²) < 4.78 is 252. The summed E-state index contributed by atoms with van der Waals surface area (Å²) >= 11 is 0. The summed E-state index contributed by atoms with van der Waals surface area (Å²) in [5.41, 5.74) is -9.29. The second kappa shape index (κ2) is 10.4. The normalized spacial score (nSPS) is 16.4. The maximum Gasteiger partial charge on any atom is 1.00 e. The fraction of sp³-hybridized carbons (Fsp3) is 0.600. The van der Waals surface area contributed by atoms with Gasteiger partial charge in [-0.2, -0.15) is 70.2 Å². The Morgan fingerprint density at radius 3 is 0.853 bits per heavy atom. The standard InChI is InChI=1S/C10BF20O2.K/c12-1(3(14)32-9(26,27)5(16,17)7(20,21)22)11(30,31)2(13)4(15)33-10(28,29)6(18,19)8(23,24)25;/q-1;+1/b3-1-,4-2-;. The molecular weight excluding hydrogens is 582 g/mol. The number of alkyl halides is 14. The number of ether oxygens (including phenoxy) is 2. The molecule has 0 N–H and O–H groups in total. The second-order valence-corrected chi connectivity index (χ2v) is 5.29. The van der Waals surface area contributed by atoms with Crippen molar-refractivity contribution in [3.63, 3.8) is 0 Å². The SMILES string of the molecule is F/C(OC(F)(F)C(F)(F)C(F)(F)F)=C(/F)[B-](F)(F)/C(F)=C(\F)OC(F)(F)C(F)(F)C(F)(F)F.[K+]. The molecule has 0 aromatic heterocycles. The summed E-state index contributed by atoms with van der Waals surface area (Å²) in [5.74, 6) is -14.9. The Labute approximate surface area is 214 Å². The molecule has 0 bridgehead atoms. The molecule has 0 rings (SSSR count). The number of hydrogen-bond acceptors (Lipinski definition) is 2. The molecule has 24 heteroatoms. The minimum Gasteiger partial charge on any atom is -0.466 e. The molecule has 0 aromatic carbocycles. The molecule has 0 saturated carbocycles. The zero-order valence-corrected chi connectivity index (χ0v) is 18.1. The van der Waals surface area contributed by atoms with Crippen molar-refractivity contribution in [3.05, 3.63) is 23.5 Å². The zero-order valence-electron chi connectivity index (χ0n) is 15.0. The Morgan fingerprint density at radius 2 is 0.676 bits per heavy atom. The van der Waals surface area contributed by atoms with Crippen LogP contribution in [-0.4, -0.2) is 43.1 Å². The van der Waals surface area contributed by atoms with E-state index in [9.17, 15) is 87.7 Å². The fourth-order valence-electron chi connectivity index (χ4n) is 1.18. The van der Waals surface area contributed by atoms with Gasteiger partial charge in [-0.05, 0) is 0 Å². The Morgan fingerprint density at radius 1 is 0.471 bits per heavy atom. The van der Waals surface area contributed by atoms with Crippen LogP contribution in [0.1, 0.15) is 0 Å². The first-order valence-electron chi connectivity index (χ1n) is 6.73. The average Bonchev–Trinajstić information content (AvgIpc) is 2.56.